The van der Waals surface area contributed by atoms with E-state index in [0.29, 0.717) is 12.0 Å². The Bertz CT molecular complexity index is 530. The lowest BCUT2D eigenvalue weighted by atomic mass is 9.93. The molecular formula is C17H26FN3O. The molecule has 5 heteroatoms. The number of nitrogens with one attached hydrogen (secondary N) is 1. The van der Waals surface area contributed by atoms with Crippen LogP contribution in [-0.2, 0) is 0 Å². The van der Waals surface area contributed by atoms with Crippen LogP contribution in [-0.4, -0.2) is 43.6 Å². The van der Waals surface area contributed by atoms with E-state index in [1.807, 2.05) is 6.92 Å². The molecule has 1 heterocycles. The second kappa shape index (κ2) is 6.99. The monoisotopic (exact) mass is 307 g/mol. The van der Waals surface area contributed by atoms with Gasteiger partial charge in [-0.25, -0.2) is 4.39 Å². The minimum Gasteiger partial charge on any atom is -0.486 e. The minimum atomic E-state index is -0.333. The molecule has 0 amide bonds. The van der Waals surface area contributed by atoms with Crippen LogP contribution in [0.1, 0.15) is 27.2 Å². The van der Waals surface area contributed by atoms with E-state index in [0.717, 1.165) is 25.5 Å². The predicted molar refractivity (Wildman–Crippen MR) is 87.8 cm³/mol. The van der Waals surface area contributed by atoms with Crippen LogP contribution < -0.4 is 10.1 Å². The van der Waals surface area contributed by atoms with Gasteiger partial charge in [0.2, 0.25) is 0 Å². The average Bonchev–Trinajstić information content (AvgIpc) is 2.82. The number of benzene rings is 1. The van der Waals surface area contributed by atoms with Crippen molar-refractivity contribution in [1.29, 1.82) is 0 Å². The summed E-state index contributed by atoms with van der Waals surface area (Å²) in [5, 5.41) is 3.32. The van der Waals surface area contributed by atoms with Gasteiger partial charge in [-0.15, -0.1) is 0 Å². The van der Waals surface area contributed by atoms with E-state index in [1.165, 1.54) is 6.07 Å². The zero-order chi connectivity index (χ0) is 16.2. The first-order chi connectivity index (χ1) is 10.4. The van der Waals surface area contributed by atoms with E-state index < -0.39 is 0 Å². The van der Waals surface area contributed by atoms with Gasteiger partial charge in [-0.3, -0.25) is 4.99 Å². The lowest BCUT2D eigenvalue weighted by Crippen LogP contribution is -2.44. The van der Waals surface area contributed by atoms with Crippen LogP contribution in [0.2, 0.25) is 0 Å². The summed E-state index contributed by atoms with van der Waals surface area (Å²) in [7, 11) is 1.79. The van der Waals surface area contributed by atoms with Crippen molar-refractivity contribution in [2.75, 3.05) is 26.7 Å². The molecule has 0 bridgehead atoms. The van der Waals surface area contributed by atoms with Crippen LogP contribution >= 0.6 is 0 Å². The van der Waals surface area contributed by atoms with E-state index in [4.69, 9.17) is 4.74 Å². The molecule has 1 aliphatic heterocycles. The van der Waals surface area contributed by atoms with Crippen molar-refractivity contribution in [2.45, 2.75) is 33.3 Å². The van der Waals surface area contributed by atoms with Gasteiger partial charge in [0.25, 0.3) is 0 Å². The molecule has 0 saturated carbocycles. The molecule has 1 atom stereocenters. The fourth-order valence-electron chi connectivity index (χ4n) is 2.66. The summed E-state index contributed by atoms with van der Waals surface area (Å²) in [4.78, 5) is 6.59. The van der Waals surface area contributed by atoms with Gasteiger partial charge in [-0.1, -0.05) is 26.0 Å². The van der Waals surface area contributed by atoms with E-state index >= 15 is 0 Å². The fraction of sp³-hybridized carbons (Fsp3) is 0.588. The van der Waals surface area contributed by atoms with Gasteiger partial charge in [0.05, 0.1) is 6.54 Å². The quantitative estimate of drug-likeness (QED) is 0.686. The molecule has 2 rings (SSSR count). The normalized spacial score (nSPS) is 19.1. The zero-order valence-corrected chi connectivity index (χ0v) is 13.9. The number of ether oxygens (including phenoxy) is 1. The van der Waals surface area contributed by atoms with Crippen molar-refractivity contribution in [2.24, 2.45) is 10.4 Å². The highest BCUT2D eigenvalue weighted by molar-refractivity contribution is 5.80. The number of guanidine groups is 1. The summed E-state index contributed by atoms with van der Waals surface area (Å²) in [6.45, 7) is 9.04. The standard InChI is InChI=1S/C17H26FN3O/c1-13(22-15-8-6-5-7-14(15)18)11-20-16(19-4)21-10-9-17(2,3)12-21/h5-8,13H,9-12H2,1-4H3,(H,19,20). The van der Waals surface area contributed by atoms with E-state index in [9.17, 15) is 4.39 Å². The second-order valence-electron chi connectivity index (χ2n) is 6.62. The molecule has 1 fully saturated rings. The smallest absolute Gasteiger partial charge is 0.193 e. The SMILES string of the molecule is CN=C(NCC(C)Oc1ccccc1F)N1CCC(C)(C)C1. The van der Waals surface area contributed by atoms with Gasteiger partial charge in [-0.2, -0.15) is 0 Å². The lowest BCUT2D eigenvalue weighted by Gasteiger charge is -2.25. The van der Waals surface area contributed by atoms with Crippen LogP contribution in [0.25, 0.3) is 0 Å². The first-order valence-electron chi connectivity index (χ1n) is 7.78. The Morgan fingerprint density at radius 3 is 2.77 bits per heavy atom. The summed E-state index contributed by atoms with van der Waals surface area (Å²) in [6.07, 6.45) is 1.01. The highest BCUT2D eigenvalue weighted by Gasteiger charge is 2.30. The van der Waals surface area contributed by atoms with Gasteiger partial charge >= 0.3 is 0 Å². The third-order valence-corrected chi connectivity index (χ3v) is 3.90. The predicted octanol–water partition coefficient (Wildman–Crippen LogP) is 2.90. The van der Waals surface area contributed by atoms with Crippen LogP contribution in [0, 0.1) is 11.2 Å². The Kier molecular flexibility index (Phi) is 5.27. The molecule has 0 radical (unpaired) electrons. The van der Waals surface area contributed by atoms with Crippen LogP contribution in [0.5, 0.6) is 5.75 Å². The summed E-state index contributed by atoms with van der Waals surface area (Å²) >= 11 is 0. The third-order valence-electron chi connectivity index (χ3n) is 3.90. The van der Waals surface area contributed by atoms with Crippen LogP contribution in [0.4, 0.5) is 4.39 Å². The molecule has 0 aliphatic carbocycles. The Morgan fingerprint density at radius 1 is 1.45 bits per heavy atom. The first kappa shape index (κ1) is 16.6. The summed E-state index contributed by atoms with van der Waals surface area (Å²) in [5.41, 5.74) is 0.326. The van der Waals surface area contributed by atoms with Crippen molar-refractivity contribution >= 4 is 5.96 Å². The number of aliphatic imine (C=N–C) groups is 1. The Balaban J connectivity index is 1.85. The van der Waals surface area contributed by atoms with Crippen molar-refractivity contribution in [3.05, 3.63) is 30.1 Å². The zero-order valence-electron chi connectivity index (χ0n) is 13.9. The molecule has 1 aliphatic rings. The average molecular weight is 307 g/mol. The van der Waals surface area contributed by atoms with Gasteiger partial charge in [0, 0.05) is 20.1 Å². The lowest BCUT2D eigenvalue weighted by molar-refractivity contribution is 0.212. The Morgan fingerprint density at radius 2 is 2.18 bits per heavy atom. The number of nitrogens with zero attached hydrogens (tertiary/aromatic N) is 2. The van der Waals surface area contributed by atoms with Crippen molar-refractivity contribution in [3.63, 3.8) is 0 Å². The van der Waals surface area contributed by atoms with E-state index in [2.05, 4.69) is 29.1 Å². The molecule has 1 aromatic carbocycles. The maximum Gasteiger partial charge on any atom is 0.193 e. The second-order valence-corrected chi connectivity index (χ2v) is 6.62. The third kappa shape index (κ3) is 4.36. The van der Waals surface area contributed by atoms with Crippen molar-refractivity contribution in [1.82, 2.24) is 10.2 Å². The molecule has 22 heavy (non-hydrogen) atoms. The van der Waals surface area contributed by atoms with E-state index in [-0.39, 0.29) is 17.7 Å². The molecule has 1 aromatic rings. The minimum absolute atomic E-state index is 0.149. The summed E-state index contributed by atoms with van der Waals surface area (Å²) < 4.78 is 19.2. The number of halogens is 1. The number of hydrogen-bond acceptors (Lipinski definition) is 2. The number of hydrogen-bond donors (Lipinski definition) is 1. The molecule has 0 spiro atoms. The molecule has 1 unspecified atom stereocenters. The molecule has 1 saturated heterocycles. The maximum absolute atomic E-state index is 13.6. The molecular weight excluding hydrogens is 281 g/mol. The van der Waals surface area contributed by atoms with Crippen LogP contribution in [0.15, 0.2) is 29.3 Å². The topological polar surface area (TPSA) is 36.9 Å². The number of para-hydroxylation sites is 1. The molecule has 122 valence electrons. The van der Waals surface area contributed by atoms with Crippen molar-refractivity contribution in [3.8, 4) is 5.75 Å². The van der Waals surface area contributed by atoms with Gasteiger partial charge < -0.3 is 15.0 Å². The summed E-state index contributed by atoms with van der Waals surface area (Å²) in [6, 6.07) is 6.47. The molecule has 1 N–H and O–H groups in total. The van der Waals surface area contributed by atoms with Gasteiger partial charge in [0.15, 0.2) is 17.5 Å². The highest BCUT2D eigenvalue weighted by atomic mass is 19.1. The fourth-order valence-corrected chi connectivity index (χ4v) is 2.66. The molecule has 4 nitrogen and oxygen atoms in total. The highest BCUT2D eigenvalue weighted by Crippen LogP contribution is 2.28. The number of likely N-dealkylation sites (tertiary alicyclic amines) is 1. The Hall–Kier alpha value is -1.78. The van der Waals surface area contributed by atoms with Crippen LogP contribution in [0.3, 0.4) is 0 Å². The Labute approximate surface area is 132 Å². The largest absolute Gasteiger partial charge is 0.486 e. The summed E-state index contributed by atoms with van der Waals surface area (Å²) in [5.74, 6) is 0.837. The van der Waals surface area contributed by atoms with Crippen molar-refractivity contribution < 1.29 is 9.13 Å². The number of rotatable bonds is 4. The van der Waals surface area contributed by atoms with E-state index in [1.54, 1.807) is 25.2 Å². The maximum atomic E-state index is 13.6. The van der Waals surface area contributed by atoms with Gasteiger partial charge in [-0.05, 0) is 30.9 Å². The van der Waals surface area contributed by atoms with Gasteiger partial charge in [0.1, 0.15) is 6.10 Å². The first-order valence-corrected chi connectivity index (χ1v) is 7.78. The molecule has 0 aromatic heterocycles.